The van der Waals surface area contributed by atoms with Crippen LogP contribution in [0.15, 0.2) is 11.6 Å². The van der Waals surface area contributed by atoms with Gasteiger partial charge in [0.15, 0.2) is 12.3 Å². The second kappa shape index (κ2) is 6.81. The molecule has 0 N–H and O–H groups in total. The molecule has 15 heavy (non-hydrogen) atoms. The molecule has 1 rings (SSSR count). The summed E-state index contributed by atoms with van der Waals surface area (Å²) in [5.41, 5.74) is 1.44. The largest absolute Gasteiger partial charge is 0.233 e. The summed E-state index contributed by atoms with van der Waals surface area (Å²) in [5.74, 6) is 0. The predicted octanol–water partition coefficient (Wildman–Crippen LogP) is 3.78. The molecule has 0 radical (unpaired) electrons. The molecular weight excluding hydrogens is 182 g/mol. The lowest BCUT2D eigenvalue weighted by atomic mass is 10.0. The zero-order valence-corrected chi connectivity index (χ0v) is 10.6. The van der Waals surface area contributed by atoms with Crippen molar-refractivity contribution in [2.75, 3.05) is 6.54 Å². The van der Waals surface area contributed by atoms with Gasteiger partial charge >= 0.3 is 0 Å². The van der Waals surface area contributed by atoms with Gasteiger partial charge in [0.2, 0.25) is 0 Å². The summed E-state index contributed by atoms with van der Waals surface area (Å²) in [6.45, 7) is 8.03. The molecule has 0 fully saturated rings. The Morgan fingerprint density at radius 2 is 2.07 bits per heavy atom. The quantitative estimate of drug-likeness (QED) is 0.584. The average Bonchev–Trinajstić information content (AvgIpc) is 2.24. The molecule has 0 saturated carbocycles. The van der Waals surface area contributed by atoms with Crippen LogP contribution in [0.3, 0.4) is 0 Å². The van der Waals surface area contributed by atoms with Crippen LogP contribution in [0.5, 0.6) is 0 Å². The fraction of sp³-hybridized carbons (Fsp3) is 0.786. The van der Waals surface area contributed by atoms with Crippen molar-refractivity contribution in [2.24, 2.45) is 0 Å². The minimum Gasteiger partial charge on any atom is -0.233 e. The highest BCUT2D eigenvalue weighted by Crippen LogP contribution is 2.13. The summed E-state index contributed by atoms with van der Waals surface area (Å²) in [4.78, 5) is 0. The molecule has 0 bridgehead atoms. The Balaban J connectivity index is 2.57. The van der Waals surface area contributed by atoms with Gasteiger partial charge in [0.05, 0.1) is 0 Å². The van der Waals surface area contributed by atoms with Gasteiger partial charge in [-0.2, -0.15) is 0 Å². The Morgan fingerprint density at radius 1 is 1.27 bits per heavy atom. The molecule has 1 nitrogen and oxygen atoms in total. The van der Waals surface area contributed by atoms with Crippen molar-refractivity contribution in [3.63, 3.8) is 0 Å². The van der Waals surface area contributed by atoms with Crippen LogP contribution in [-0.4, -0.2) is 23.4 Å². The number of unbranched alkanes of at least 4 members (excludes halogenated alkanes) is 1. The van der Waals surface area contributed by atoms with Crippen LogP contribution in [-0.2, 0) is 0 Å². The van der Waals surface area contributed by atoms with Crippen LogP contribution in [0.25, 0.3) is 0 Å². The summed E-state index contributed by atoms with van der Waals surface area (Å²) < 4.78 is 2.58. The van der Waals surface area contributed by atoms with Gasteiger partial charge in [-0.25, -0.2) is 4.58 Å². The second-order valence-corrected chi connectivity index (χ2v) is 4.69. The molecule has 0 aromatic carbocycles. The zero-order chi connectivity index (χ0) is 11.1. The summed E-state index contributed by atoms with van der Waals surface area (Å²) >= 11 is 0. The highest BCUT2D eigenvalue weighted by Gasteiger charge is 2.20. The van der Waals surface area contributed by atoms with Gasteiger partial charge in [-0.3, -0.25) is 0 Å². The zero-order valence-electron chi connectivity index (χ0n) is 10.6. The number of hydrogen-bond donors (Lipinski definition) is 0. The highest BCUT2D eigenvalue weighted by atomic mass is 15.0. The number of nitrogens with zero attached hydrogens (tertiary/aromatic N) is 1. The van der Waals surface area contributed by atoms with Gasteiger partial charge in [-0.05, 0) is 19.8 Å². The first-order valence-electron chi connectivity index (χ1n) is 6.55. The maximum absolute atomic E-state index is 2.58. The van der Waals surface area contributed by atoms with Crippen molar-refractivity contribution < 1.29 is 4.58 Å². The number of hydrogen-bond acceptors (Lipinski definition) is 0. The molecule has 0 spiro atoms. The van der Waals surface area contributed by atoms with Crippen LogP contribution >= 0.6 is 0 Å². The molecule has 0 amide bonds. The normalized spacial score (nSPS) is 18.3. The first kappa shape index (κ1) is 12.5. The van der Waals surface area contributed by atoms with E-state index in [1.807, 2.05) is 0 Å². The van der Waals surface area contributed by atoms with E-state index in [9.17, 15) is 0 Å². The molecule has 1 aliphatic heterocycles. The van der Waals surface area contributed by atoms with Crippen molar-refractivity contribution in [1.82, 2.24) is 0 Å². The highest BCUT2D eigenvalue weighted by molar-refractivity contribution is 5.73. The van der Waals surface area contributed by atoms with E-state index in [-0.39, 0.29) is 0 Å². The topological polar surface area (TPSA) is 3.01 Å². The van der Waals surface area contributed by atoms with Gasteiger partial charge in [0, 0.05) is 24.8 Å². The van der Waals surface area contributed by atoms with Crippen molar-refractivity contribution in [1.29, 1.82) is 0 Å². The third kappa shape index (κ3) is 4.19. The molecular formula is C14H26N+. The third-order valence-electron chi connectivity index (χ3n) is 3.20. The Morgan fingerprint density at radius 3 is 2.67 bits per heavy atom. The van der Waals surface area contributed by atoms with Crippen molar-refractivity contribution in [3.8, 4) is 0 Å². The molecule has 0 aromatic rings. The summed E-state index contributed by atoms with van der Waals surface area (Å²) in [6, 6.07) is 0.790. The fourth-order valence-corrected chi connectivity index (χ4v) is 2.36. The summed E-state index contributed by atoms with van der Waals surface area (Å²) in [7, 11) is 0. The number of allylic oxidation sites excluding steroid dienone is 1. The van der Waals surface area contributed by atoms with Crippen molar-refractivity contribution >= 4 is 6.21 Å². The van der Waals surface area contributed by atoms with Crippen molar-refractivity contribution in [3.05, 3.63) is 11.6 Å². The van der Waals surface area contributed by atoms with E-state index in [4.69, 9.17) is 0 Å². The maximum Gasteiger partial charge on any atom is 0.166 e. The molecule has 1 atom stereocenters. The van der Waals surface area contributed by atoms with Gasteiger partial charge in [-0.15, -0.1) is 0 Å². The minimum absolute atomic E-state index is 0.790. The van der Waals surface area contributed by atoms with E-state index in [0.717, 1.165) is 6.04 Å². The summed E-state index contributed by atoms with van der Waals surface area (Å²) in [5, 5.41) is 0. The van der Waals surface area contributed by atoms with Gasteiger partial charge in [0.1, 0.15) is 6.54 Å². The first-order chi connectivity index (χ1) is 7.27. The van der Waals surface area contributed by atoms with Crippen LogP contribution < -0.4 is 0 Å². The third-order valence-corrected chi connectivity index (χ3v) is 3.20. The van der Waals surface area contributed by atoms with Gasteiger partial charge in [-0.1, -0.05) is 26.3 Å². The average molecular weight is 208 g/mol. The second-order valence-electron chi connectivity index (χ2n) is 4.69. The molecule has 1 aliphatic rings. The molecule has 1 unspecified atom stereocenters. The SMILES string of the molecule is CCCCC(CCC)[N+]1=CC(C)=CCC1. The molecule has 0 saturated heterocycles. The molecule has 0 aromatic heterocycles. The Labute approximate surface area is 94.9 Å². The van der Waals surface area contributed by atoms with Gasteiger partial charge < -0.3 is 0 Å². The fourth-order valence-electron chi connectivity index (χ4n) is 2.36. The molecule has 86 valence electrons. The van der Waals surface area contributed by atoms with Crippen LogP contribution in [0, 0.1) is 0 Å². The molecule has 0 aliphatic carbocycles. The maximum atomic E-state index is 2.58. The monoisotopic (exact) mass is 208 g/mol. The minimum atomic E-state index is 0.790. The Hall–Kier alpha value is -0.590. The van der Waals surface area contributed by atoms with E-state index < -0.39 is 0 Å². The molecule has 1 heteroatoms. The van der Waals surface area contributed by atoms with E-state index in [1.54, 1.807) is 0 Å². The van der Waals surface area contributed by atoms with E-state index in [2.05, 4.69) is 37.6 Å². The van der Waals surface area contributed by atoms with E-state index in [0.29, 0.717) is 0 Å². The number of rotatable bonds is 6. The smallest absolute Gasteiger partial charge is 0.166 e. The lowest BCUT2D eigenvalue weighted by molar-refractivity contribution is -0.564. The van der Waals surface area contributed by atoms with E-state index in [1.165, 1.54) is 50.6 Å². The first-order valence-corrected chi connectivity index (χ1v) is 6.55. The van der Waals surface area contributed by atoms with Gasteiger partial charge in [0.25, 0.3) is 0 Å². The summed E-state index contributed by atoms with van der Waals surface area (Å²) in [6.07, 6.45) is 12.7. The standard InChI is InChI=1S/C14H26N/c1-4-6-10-14(8-5-2)15-11-7-9-13(3)12-15/h9,12,14H,4-8,10-11H2,1-3H3/q+1. The van der Waals surface area contributed by atoms with Crippen LogP contribution in [0.1, 0.15) is 59.3 Å². The lowest BCUT2D eigenvalue weighted by Gasteiger charge is -2.17. The van der Waals surface area contributed by atoms with Crippen molar-refractivity contribution in [2.45, 2.75) is 65.3 Å². The molecule has 1 heterocycles. The predicted molar refractivity (Wildman–Crippen MR) is 67.8 cm³/mol. The Bertz CT molecular complexity index is 238. The Kier molecular flexibility index (Phi) is 5.67. The van der Waals surface area contributed by atoms with Crippen LogP contribution in [0.2, 0.25) is 0 Å². The lowest BCUT2D eigenvalue weighted by Crippen LogP contribution is -2.30. The van der Waals surface area contributed by atoms with Crippen LogP contribution in [0.4, 0.5) is 0 Å². The van der Waals surface area contributed by atoms with E-state index >= 15 is 0 Å².